The van der Waals surface area contributed by atoms with E-state index in [1.54, 1.807) is 24.3 Å². The Morgan fingerprint density at radius 3 is 2.82 bits per heavy atom. The van der Waals surface area contributed by atoms with Crippen molar-refractivity contribution in [3.05, 3.63) is 53.5 Å². The highest BCUT2D eigenvalue weighted by Crippen LogP contribution is 2.13. The second-order valence-electron chi connectivity index (χ2n) is 5.29. The predicted octanol–water partition coefficient (Wildman–Crippen LogP) is 2.92. The number of carbonyl (C=O) groups excluding carboxylic acids is 1. The Morgan fingerprint density at radius 1 is 1.41 bits per heavy atom. The molecule has 114 valence electrons. The Hall–Kier alpha value is -2.58. The van der Waals surface area contributed by atoms with E-state index in [1.807, 2.05) is 37.9 Å². The average Bonchev–Trinajstić information content (AvgIpc) is 2.91. The molecule has 1 aromatic heterocycles. The number of aryl methyl sites for hydroxylation is 1. The SMILES string of the molecule is Cc1ccc(CN(C)[C@@H](C)C(=O)Nc2cccc(C#N)c2)o1. The van der Waals surface area contributed by atoms with Gasteiger partial charge in [0.15, 0.2) is 0 Å². The van der Waals surface area contributed by atoms with E-state index in [0.29, 0.717) is 17.8 Å². The molecule has 0 aliphatic rings. The molecule has 1 amide bonds. The predicted molar refractivity (Wildman–Crippen MR) is 84.2 cm³/mol. The number of hydrogen-bond acceptors (Lipinski definition) is 4. The van der Waals surface area contributed by atoms with Crippen LogP contribution in [0.1, 0.15) is 24.0 Å². The lowest BCUT2D eigenvalue weighted by Gasteiger charge is -2.22. The van der Waals surface area contributed by atoms with Crippen LogP contribution in [0.25, 0.3) is 0 Å². The van der Waals surface area contributed by atoms with E-state index in [9.17, 15) is 4.79 Å². The zero-order valence-electron chi connectivity index (χ0n) is 13.0. The summed E-state index contributed by atoms with van der Waals surface area (Å²) in [5, 5.41) is 11.7. The third-order valence-electron chi connectivity index (χ3n) is 3.50. The number of likely N-dealkylation sites (N-methyl/N-ethyl adjacent to an activating group) is 1. The molecule has 0 radical (unpaired) electrons. The van der Waals surface area contributed by atoms with E-state index in [-0.39, 0.29) is 11.9 Å². The normalized spacial score (nSPS) is 12.0. The van der Waals surface area contributed by atoms with Crippen LogP contribution >= 0.6 is 0 Å². The van der Waals surface area contributed by atoms with Gasteiger partial charge in [0.25, 0.3) is 0 Å². The molecule has 0 spiro atoms. The zero-order valence-corrected chi connectivity index (χ0v) is 13.0. The summed E-state index contributed by atoms with van der Waals surface area (Å²) >= 11 is 0. The molecule has 0 unspecified atom stereocenters. The van der Waals surface area contributed by atoms with Gasteiger partial charge in [-0.1, -0.05) is 6.07 Å². The molecule has 1 aromatic carbocycles. The molecule has 0 aliphatic heterocycles. The number of rotatable bonds is 5. The monoisotopic (exact) mass is 297 g/mol. The highest BCUT2D eigenvalue weighted by atomic mass is 16.3. The molecule has 0 bridgehead atoms. The fourth-order valence-corrected chi connectivity index (χ4v) is 2.07. The topological polar surface area (TPSA) is 69.3 Å². The van der Waals surface area contributed by atoms with Gasteiger partial charge in [-0.25, -0.2) is 0 Å². The van der Waals surface area contributed by atoms with Crippen molar-refractivity contribution in [2.24, 2.45) is 0 Å². The minimum Gasteiger partial charge on any atom is -0.465 e. The third kappa shape index (κ3) is 3.96. The van der Waals surface area contributed by atoms with Crippen LogP contribution in [0.3, 0.4) is 0 Å². The lowest BCUT2D eigenvalue weighted by Crippen LogP contribution is -2.39. The number of anilines is 1. The summed E-state index contributed by atoms with van der Waals surface area (Å²) in [4.78, 5) is 14.2. The van der Waals surface area contributed by atoms with Gasteiger partial charge in [-0.3, -0.25) is 9.69 Å². The van der Waals surface area contributed by atoms with Gasteiger partial charge in [0.05, 0.1) is 24.2 Å². The standard InChI is InChI=1S/C17H19N3O2/c1-12-7-8-16(22-12)11-20(3)13(2)17(21)19-15-6-4-5-14(9-15)10-18/h4-9,13H,11H2,1-3H3,(H,19,21)/t13-/m0/s1. The highest BCUT2D eigenvalue weighted by Gasteiger charge is 2.19. The van der Waals surface area contributed by atoms with Crippen LogP contribution in [-0.2, 0) is 11.3 Å². The number of hydrogen-bond donors (Lipinski definition) is 1. The van der Waals surface area contributed by atoms with E-state index < -0.39 is 0 Å². The van der Waals surface area contributed by atoms with Gasteiger partial charge in [0.1, 0.15) is 11.5 Å². The Morgan fingerprint density at radius 2 is 2.18 bits per heavy atom. The van der Waals surface area contributed by atoms with E-state index in [4.69, 9.17) is 9.68 Å². The lowest BCUT2D eigenvalue weighted by molar-refractivity contribution is -0.120. The second kappa shape index (κ2) is 6.92. The first-order valence-electron chi connectivity index (χ1n) is 7.06. The smallest absolute Gasteiger partial charge is 0.241 e. The maximum Gasteiger partial charge on any atom is 0.241 e. The van der Waals surface area contributed by atoms with Crippen LogP contribution in [0, 0.1) is 18.3 Å². The van der Waals surface area contributed by atoms with Gasteiger partial charge < -0.3 is 9.73 Å². The summed E-state index contributed by atoms with van der Waals surface area (Å²) in [7, 11) is 1.87. The number of amides is 1. The first kappa shape index (κ1) is 15.8. The molecule has 5 heteroatoms. The third-order valence-corrected chi connectivity index (χ3v) is 3.50. The summed E-state index contributed by atoms with van der Waals surface area (Å²) in [6.07, 6.45) is 0. The second-order valence-corrected chi connectivity index (χ2v) is 5.29. The molecule has 1 atom stereocenters. The van der Waals surface area contributed by atoms with Crippen LogP contribution in [0.4, 0.5) is 5.69 Å². The number of nitrogens with zero attached hydrogens (tertiary/aromatic N) is 2. The van der Waals surface area contributed by atoms with E-state index in [2.05, 4.69) is 11.4 Å². The van der Waals surface area contributed by atoms with Gasteiger partial charge in [-0.2, -0.15) is 5.26 Å². The fourth-order valence-electron chi connectivity index (χ4n) is 2.07. The Kier molecular flexibility index (Phi) is 4.97. The minimum atomic E-state index is -0.323. The van der Waals surface area contributed by atoms with Crippen LogP contribution in [0.5, 0.6) is 0 Å². The first-order chi connectivity index (χ1) is 10.5. The molecule has 22 heavy (non-hydrogen) atoms. The van der Waals surface area contributed by atoms with Crippen LogP contribution < -0.4 is 5.32 Å². The summed E-state index contributed by atoms with van der Waals surface area (Å²) in [5.41, 5.74) is 1.14. The van der Waals surface area contributed by atoms with Crippen LogP contribution in [-0.4, -0.2) is 23.9 Å². The Bertz CT molecular complexity index is 700. The first-order valence-corrected chi connectivity index (χ1v) is 7.06. The molecule has 5 nitrogen and oxygen atoms in total. The minimum absolute atomic E-state index is 0.124. The molecular weight excluding hydrogens is 278 g/mol. The summed E-state index contributed by atoms with van der Waals surface area (Å²) in [6.45, 7) is 4.28. The number of nitriles is 1. The van der Waals surface area contributed by atoms with Crippen molar-refractivity contribution in [2.45, 2.75) is 26.4 Å². The van der Waals surface area contributed by atoms with E-state index in [1.165, 1.54) is 0 Å². The lowest BCUT2D eigenvalue weighted by atomic mass is 10.2. The van der Waals surface area contributed by atoms with Crippen LogP contribution in [0.2, 0.25) is 0 Å². The van der Waals surface area contributed by atoms with Crippen molar-refractivity contribution in [1.29, 1.82) is 5.26 Å². The molecule has 2 aromatic rings. The molecule has 1 N–H and O–H groups in total. The molecule has 2 rings (SSSR count). The fraction of sp³-hybridized carbons (Fsp3) is 0.294. The molecule has 0 fully saturated rings. The Balaban J connectivity index is 1.97. The van der Waals surface area contributed by atoms with Crippen molar-refractivity contribution < 1.29 is 9.21 Å². The van der Waals surface area contributed by atoms with Gasteiger partial charge >= 0.3 is 0 Å². The molecule has 0 saturated heterocycles. The largest absolute Gasteiger partial charge is 0.465 e. The summed E-state index contributed by atoms with van der Waals surface area (Å²) in [5.74, 6) is 1.56. The number of furan rings is 1. The highest BCUT2D eigenvalue weighted by molar-refractivity contribution is 5.94. The van der Waals surface area contributed by atoms with Crippen molar-refractivity contribution in [3.63, 3.8) is 0 Å². The van der Waals surface area contributed by atoms with Crippen molar-refractivity contribution in [3.8, 4) is 6.07 Å². The number of nitrogens with one attached hydrogen (secondary N) is 1. The van der Waals surface area contributed by atoms with Gasteiger partial charge in [-0.05, 0) is 51.2 Å². The maximum absolute atomic E-state index is 12.3. The average molecular weight is 297 g/mol. The number of benzene rings is 1. The zero-order chi connectivity index (χ0) is 16.1. The maximum atomic E-state index is 12.3. The molecule has 0 aliphatic carbocycles. The summed E-state index contributed by atoms with van der Waals surface area (Å²) in [6, 6.07) is 12.4. The molecule has 1 heterocycles. The quantitative estimate of drug-likeness (QED) is 0.921. The number of carbonyl (C=O) groups is 1. The van der Waals surface area contributed by atoms with Crippen molar-refractivity contribution >= 4 is 11.6 Å². The van der Waals surface area contributed by atoms with Crippen molar-refractivity contribution in [1.82, 2.24) is 4.90 Å². The van der Waals surface area contributed by atoms with Gasteiger partial charge in [0.2, 0.25) is 5.91 Å². The molecule has 0 saturated carbocycles. The van der Waals surface area contributed by atoms with Gasteiger partial charge in [-0.15, -0.1) is 0 Å². The van der Waals surface area contributed by atoms with E-state index in [0.717, 1.165) is 11.5 Å². The van der Waals surface area contributed by atoms with Crippen LogP contribution in [0.15, 0.2) is 40.8 Å². The van der Waals surface area contributed by atoms with Crippen molar-refractivity contribution in [2.75, 3.05) is 12.4 Å². The Labute approximate surface area is 130 Å². The summed E-state index contributed by atoms with van der Waals surface area (Å²) < 4.78 is 5.52. The van der Waals surface area contributed by atoms with E-state index >= 15 is 0 Å². The molecular formula is C17H19N3O2. The van der Waals surface area contributed by atoms with Gasteiger partial charge in [0, 0.05) is 5.69 Å².